The van der Waals surface area contributed by atoms with Crippen LogP contribution < -0.4 is 36.6 Å². The van der Waals surface area contributed by atoms with E-state index in [1.54, 1.807) is 138 Å². The van der Waals surface area contributed by atoms with Gasteiger partial charge in [0, 0.05) is 109 Å². The van der Waals surface area contributed by atoms with Gasteiger partial charge in [0.25, 0.3) is 35.4 Å². The number of aryl methyl sites for hydroxylation is 4. The Bertz CT molecular complexity index is 6930. The Kier molecular flexibility index (Phi) is 39.0. The zero-order valence-corrected chi connectivity index (χ0v) is 88.4. The predicted octanol–water partition coefficient (Wildman–Crippen LogP) is 21.8. The van der Waals surface area contributed by atoms with Crippen LogP contribution in [0.1, 0.15) is 244 Å². The first-order chi connectivity index (χ1) is 72.7. The van der Waals surface area contributed by atoms with Crippen LogP contribution in [0.4, 0.5) is 48.5 Å². The van der Waals surface area contributed by atoms with Gasteiger partial charge >= 0.3 is 18.1 Å². The fourth-order valence-electron chi connectivity index (χ4n) is 19.1. The van der Waals surface area contributed by atoms with Crippen LogP contribution in [0.5, 0.6) is 5.75 Å². The fourth-order valence-corrected chi connectivity index (χ4v) is 19.3. The highest BCUT2D eigenvalue weighted by molar-refractivity contribution is 6.30. The summed E-state index contributed by atoms with van der Waals surface area (Å²) in [5.41, 5.74) is 15.3. The minimum Gasteiger partial charge on any atom is -0.492 e. The van der Waals surface area contributed by atoms with Crippen LogP contribution in [-0.4, -0.2) is 211 Å². The Balaban J connectivity index is 0.000000177. The largest absolute Gasteiger partial charge is 0.492 e. The molecule has 0 radical (unpaired) electrons. The number of hydrogen-bond donors (Lipinski definition) is 9. The highest BCUT2D eigenvalue weighted by Gasteiger charge is 2.38. The Hall–Kier alpha value is -15.3. The molecule has 3 atom stereocenters. The molecule has 150 heavy (non-hydrogen) atoms. The van der Waals surface area contributed by atoms with E-state index in [0.29, 0.717) is 181 Å². The summed E-state index contributed by atoms with van der Waals surface area (Å²) >= 11 is 6.09. The molecule has 0 fully saturated rings. The number of unbranched alkanes of at least 4 members (excludes halogenated alkanes) is 6. The summed E-state index contributed by atoms with van der Waals surface area (Å²) in [5.74, 6) is -0.838. The Morgan fingerprint density at radius 3 is 0.987 bits per heavy atom. The highest BCUT2D eigenvalue weighted by Crippen LogP contribution is 2.37. The van der Waals surface area contributed by atoms with Crippen molar-refractivity contribution < 1.29 is 63.2 Å². The summed E-state index contributed by atoms with van der Waals surface area (Å²) in [6.45, 7) is 26.6. The molecule has 13 aromatic rings. The van der Waals surface area contributed by atoms with Crippen molar-refractivity contribution >= 4 is 110 Å². The average molecular weight is 2050 g/mol. The average Bonchev–Trinajstić information content (AvgIpc) is 1.44. The number of rotatable bonds is 38. The normalized spacial score (nSPS) is 13.9. The number of ether oxygens (including phenoxy) is 1. The van der Waals surface area contributed by atoms with Crippen LogP contribution in [0.25, 0.3) is 27.8 Å². The van der Waals surface area contributed by atoms with E-state index in [1.165, 1.54) is 0 Å². The van der Waals surface area contributed by atoms with Crippen LogP contribution in [0.2, 0.25) is 5.02 Å². The van der Waals surface area contributed by atoms with Crippen molar-refractivity contribution in [1.82, 2.24) is 58.7 Å². The third-order valence-electron chi connectivity index (χ3n) is 27.4. The minimum atomic E-state index is -0.508. The lowest BCUT2D eigenvalue weighted by Gasteiger charge is -2.36. The van der Waals surface area contributed by atoms with Crippen molar-refractivity contribution in [2.24, 2.45) is 0 Å². The SMILES string of the molecule is CCCCN(CCCC)C(=O)c1cc(C)n(-c2ccc(NC(=O)Nc3ccc(Cl)cc3C)cc2C(=O)N2Cc3ccccc3C[C@H]2CO)n1.CCCCN(CCCC)C(=O)c1cc(C)n(-c2ccc(NC(=O)Nc3ccc4ccccc4c3)cc2C(=O)N2Cc3ccccc3C[C@H]2CO)n1.CCCCN(CCCC)C(=O)c1cc(C)n(-c2ccc(NC(=O)Nc3ccccc3OCC)cc2C(=O)N2Cc3ccccc3C[C@H]2CO)n1. The monoisotopic (exact) mass is 2050 g/mol. The summed E-state index contributed by atoms with van der Waals surface area (Å²) in [5, 5.41) is 65.2. The molecule has 0 saturated heterocycles. The third kappa shape index (κ3) is 27.4. The van der Waals surface area contributed by atoms with Gasteiger partial charge in [0.15, 0.2) is 17.1 Å². The van der Waals surface area contributed by atoms with E-state index in [9.17, 15) is 58.5 Å². The first kappa shape index (κ1) is 110. The Morgan fingerprint density at radius 2 is 0.647 bits per heavy atom. The Labute approximate surface area is 882 Å². The number of halogens is 1. The molecule has 0 aliphatic carbocycles. The van der Waals surface area contributed by atoms with Gasteiger partial charge < -0.3 is 81.4 Å². The number of amides is 12. The number of aliphatic hydroxyl groups excluding tert-OH is 3. The molecule has 786 valence electrons. The quantitative estimate of drug-likeness (QED) is 0.0174. The van der Waals surface area contributed by atoms with E-state index < -0.39 is 36.2 Å². The topological polar surface area (TPSA) is 369 Å². The molecule has 3 aromatic heterocycles. The van der Waals surface area contributed by atoms with Gasteiger partial charge in [0.05, 0.1) is 84.0 Å². The number of benzene rings is 10. The van der Waals surface area contributed by atoms with Gasteiger partial charge in [-0.1, -0.05) is 207 Å². The fraction of sp³-hybridized carbons (Fsp3) is 0.356. The first-order valence-corrected chi connectivity index (χ1v) is 52.7. The molecule has 0 saturated carbocycles. The molecule has 16 rings (SSSR count). The molecular formula is C118H139ClN18O13. The number of nitrogens with zero attached hydrogens (tertiary/aromatic N) is 12. The Morgan fingerprint density at radius 1 is 0.340 bits per heavy atom. The summed E-state index contributed by atoms with van der Waals surface area (Å²) in [4.78, 5) is 135. The summed E-state index contributed by atoms with van der Waals surface area (Å²) in [7, 11) is 0. The van der Waals surface area contributed by atoms with E-state index in [1.807, 2.05) is 171 Å². The van der Waals surface area contributed by atoms with Crippen molar-refractivity contribution in [2.75, 3.05) is 97.6 Å². The van der Waals surface area contributed by atoms with Gasteiger partial charge in [0.2, 0.25) is 0 Å². The summed E-state index contributed by atoms with van der Waals surface area (Å²) in [6.07, 6.45) is 12.8. The van der Waals surface area contributed by atoms with E-state index in [0.717, 1.165) is 127 Å². The van der Waals surface area contributed by atoms with Crippen LogP contribution in [0, 0.1) is 27.7 Å². The molecule has 0 bridgehead atoms. The summed E-state index contributed by atoms with van der Waals surface area (Å²) < 4.78 is 10.5. The number of anilines is 6. The standard InChI is InChI=1S/C41H46N6O4.C39H48N6O5.C38H45ClN6O4/c1-4-6-20-45(21-7-5-2)40(50)37-22-28(3)47(44-37)38-19-18-34(43-41(51)42-33-17-16-29-12-8-9-13-30(29)23-33)25-36(38)39(49)46-26-32-15-11-10-14-31(32)24-35(46)27-48;1-5-8-20-43(21-9-6-2)38(48)34-22-27(4)45(42-34)35-19-18-30(40-39(49)41-33-16-12-13-17-36(33)50-7-3)24-32(35)37(47)44-25-29-15-11-10-14-28(29)23-31(44)26-46;1-5-7-17-43(18-8-6-2)37(48)34-20-26(4)45(42-34)35-16-14-30(40-38(49)41-33-15-13-29(39)19-25(33)3)22-32(35)36(47)44-23-28-12-10-9-11-27(28)21-31(44)24-46/h8-19,22-23,25,35,48H,4-7,20-21,24,26-27H2,1-3H3,(H2,42,43,51);10-19,22,24,31,46H,5-9,20-21,23,25-26H2,1-4H3,(H2,40,41,49);9-16,19-20,22,31,46H,5-8,17-18,21,23-24H2,1-4H3,(H2,40,41,49)/t35-;2*31-/m000/s1. The number of aliphatic hydroxyl groups is 3. The van der Waals surface area contributed by atoms with Gasteiger partial charge in [-0.25, -0.2) is 28.4 Å². The van der Waals surface area contributed by atoms with Crippen LogP contribution in [-0.2, 0) is 38.9 Å². The first-order valence-electron chi connectivity index (χ1n) is 52.4. The second kappa shape index (κ2) is 53.0. The van der Waals surface area contributed by atoms with E-state index in [4.69, 9.17) is 31.6 Å². The second-order valence-corrected chi connectivity index (χ2v) is 38.8. The molecule has 6 heterocycles. The lowest BCUT2D eigenvalue weighted by atomic mass is 9.93. The molecule has 9 N–H and O–H groups in total. The van der Waals surface area contributed by atoms with Gasteiger partial charge in [0.1, 0.15) is 5.75 Å². The molecule has 0 unspecified atom stereocenters. The maximum Gasteiger partial charge on any atom is 0.323 e. The molecule has 31 nitrogen and oxygen atoms in total. The molecule has 12 amide bonds. The molecule has 10 aromatic carbocycles. The second-order valence-electron chi connectivity index (χ2n) is 38.4. The minimum absolute atomic E-state index is 0.136. The zero-order chi connectivity index (χ0) is 107. The number of urea groups is 3. The maximum absolute atomic E-state index is 14.6. The van der Waals surface area contributed by atoms with Crippen LogP contribution in [0.15, 0.2) is 231 Å². The lowest BCUT2D eigenvalue weighted by Crippen LogP contribution is -2.46. The van der Waals surface area contributed by atoms with Crippen LogP contribution in [0.3, 0.4) is 0 Å². The van der Waals surface area contributed by atoms with Crippen molar-refractivity contribution in [3.05, 3.63) is 325 Å². The number of para-hydroxylation sites is 2. The molecule has 32 heteroatoms. The highest BCUT2D eigenvalue weighted by atomic mass is 35.5. The van der Waals surface area contributed by atoms with Crippen molar-refractivity contribution in [3.8, 4) is 22.8 Å². The number of carbonyl (C=O) groups is 9. The number of nitrogens with one attached hydrogen (secondary N) is 6. The molecule has 0 spiro atoms. The van der Waals surface area contributed by atoms with E-state index in [-0.39, 0.29) is 72.0 Å². The van der Waals surface area contributed by atoms with Gasteiger partial charge in [-0.3, -0.25) is 28.8 Å². The molecular weight excluding hydrogens is 1910 g/mol. The van der Waals surface area contributed by atoms with Crippen LogP contribution >= 0.6 is 11.6 Å². The molecule has 3 aliphatic heterocycles. The maximum atomic E-state index is 14.6. The number of carbonyl (C=O) groups excluding carboxylic acids is 9. The van der Waals surface area contributed by atoms with E-state index in [2.05, 4.69) is 73.4 Å². The van der Waals surface area contributed by atoms with Crippen molar-refractivity contribution in [1.29, 1.82) is 0 Å². The number of fused-ring (bicyclic) bond motifs is 4. The summed E-state index contributed by atoms with van der Waals surface area (Å²) in [6, 6.07) is 67.4. The smallest absolute Gasteiger partial charge is 0.323 e. The van der Waals surface area contributed by atoms with Crippen molar-refractivity contribution in [2.45, 2.75) is 210 Å². The number of aromatic nitrogens is 6. The predicted molar refractivity (Wildman–Crippen MR) is 590 cm³/mol. The van der Waals surface area contributed by atoms with Gasteiger partial charge in [-0.15, -0.1) is 0 Å². The van der Waals surface area contributed by atoms with Crippen molar-refractivity contribution in [3.63, 3.8) is 0 Å². The zero-order valence-electron chi connectivity index (χ0n) is 87.6. The van der Waals surface area contributed by atoms with Gasteiger partial charge in [-0.05, 0) is 257 Å². The van der Waals surface area contributed by atoms with Gasteiger partial charge in [-0.2, -0.15) is 15.3 Å². The van der Waals surface area contributed by atoms with E-state index >= 15 is 0 Å². The molecule has 3 aliphatic rings. The number of hydrogen-bond acceptors (Lipinski definition) is 16. The third-order valence-corrected chi connectivity index (χ3v) is 27.6. The lowest BCUT2D eigenvalue weighted by molar-refractivity contribution is 0.0539.